The van der Waals surface area contributed by atoms with Gasteiger partial charge in [-0.3, -0.25) is 9.59 Å². The molecular formula is C59H110N2O6. The number of carbonyl (C=O) groups excluding carboxylic acids is 2. The van der Waals surface area contributed by atoms with Gasteiger partial charge < -0.3 is 29.9 Å². The van der Waals surface area contributed by atoms with Gasteiger partial charge in [-0.25, -0.2) is 0 Å². The van der Waals surface area contributed by atoms with Gasteiger partial charge in [-0.15, -0.1) is 0 Å². The van der Waals surface area contributed by atoms with Crippen molar-refractivity contribution in [3.8, 4) is 0 Å². The van der Waals surface area contributed by atoms with Gasteiger partial charge in [-0.05, 0) is 94.3 Å². The van der Waals surface area contributed by atoms with Crippen molar-refractivity contribution < 1.29 is 29.3 Å². The van der Waals surface area contributed by atoms with Crippen molar-refractivity contribution in [2.45, 2.75) is 271 Å². The van der Waals surface area contributed by atoms with E-state index >= 15 is 0 Å². The van der Waals surface area contributed by atoms with E-state index in [0.717, 1.165) is 71.0 Å². The molecule has 0 saturated carbocycles. The molecule has 0 heterocycles. The van der Waals surface area contributed by atoms with Gasteiger partial charge in [0.1, 0.15) is 0 Å². The molecule has 0 amide bonds. The molecule has 0 aliphatic rings. The summed E-state index contributed by atoms with van der Waals surface area (Å²) in [6.07, 6.45) is 42.3. The highest BCUT2D eigenvalue weighted by Gasteiger charge is 2.28. The number of benzene rings is 1. The minimum atomic E-state index is -0.773. The number of nitrogens with one attached hydrogen (secondary N) is 1. The van der Waals surface area contributed by atoms with E-state index in [0.29, 0.717) is 44.9 Å². The zero-order chi connectivity index (χ0) is 48.7. The van der Waals surface area contributed by atoms with Gasteiger partial charge in [0.2, 0.25) is 0 Å². The summed E-state index contributed by atoms with van der Waals surface area (Å²) < 4.78 is 11.5. The van der Waals surface area contributed by atoms with E-state index < -0.39 is 5.54 Å². The van der Waals surface area contributed by atoms with Gasteiger partial charge in [0.05, 0.1) is 32.0 Å². The maximum atomic E-state index is 12.9. The SMILES string of the molecule is CCCCCCCCCCOC(=O)CCCN(CCCCCC(=O)OCC(CCCCCCCC)CCCCCCCC)CCNC(CO)(CO)CCc1ccc(CCCCCCCC)cc1. The Bertz CT molecular complexity index is 1210. The number of hydrogen-bond acceptors (Lipinski definition) is 8. The first-order valence-corrected chi connectivity index (χ1v) is 28.9. The molecule has 0 atom stereocenters. The largest absolute Gasteiger partial charge is 0.466 e. The number of aliphatic hydroxyl groups is 2. The highest BCUT2D eigenvalue weighted by molar-refractivity contribution is 5.69. The van der Waals surface area contributed by atoms with E-state index in [-0.39, 0.29) is 25.2 Å². The first kappa shape index (κ1) is 63.0. The first-order valence-electron chi connectivity index (χ1n) is 28.9. The third kappa shape index (κ3) is 37.5. The lowest BCUT2D eigenvalue weighted by molar-refractivity contribution is -0.145. The second-order valence-corrected chi connectivity index (χ2v) is 20.5. The fourth-order valence-electron chi connectivity index (χ4n) is 9.33. The van der Waals surface area contributed by atoms with Crippen LogP contribution in [0.3, 0.4) is 0 Å². The van der Waals surface area contributed by atoms with Gasteiger partial charge in [-0.1, -0.05) is 212 Å². The lowest BCUT2D eigenvalue weighted by Gasteiger charge is -2.33. The van der Waals surface area contributed by atoms with Crippen molar-refractivity contribution in [2.24, 2.45) is 5.92 Å². The molecule has 0 unspecified atom stereocenters. The number of rotatable bonds is 51. The lowest BCUT2D eigenvalue weighted by Crippen LogP contribution is -2.54. The molecule has 0 fully saturated rings. The van der Waals surface area contributed by atoms with Crippen LogP contribution in [-0.4, -0.2) is 85.2 Å². The summed E-state index contributed by atoms with van der Waals surface area (Å²) in [6, 6.07) is 8.90. The van der Waals surface area contributed by atoms with Crippen LogP contribution in [0.5, 0.6) is 0 Å². The third-order valence-corrected chi connectivity index (χ3v) is 14.2. The van der Waals surface area contributed by atoms with Gasteiger partial charge in [0, 0.05) is 25.9 Å². The lowest BCUT2D eigenvalue weighted by atomic mass is 9.92. The minimum absolute atomic E-state index is 0.0594. The van der Waals surface area contributed by atoms with E-state index in [4.69, 9.17) is 9.47 Å². The zero-order valence-corrected chi connectivity index (χ0v) is 44.7. The fourth-order valence-corrected chi connectivity index (χ4v) is 9.33. The molecule has 392 valence electrons. The van der Waals surface area contributed by atoms with E-state index in [2.05, 4.69) is 62.2 Å². The van der Waals surface area contributed by atoms with Gasteiger partial charge in [0.15, 0.2) is 0 Å². The van der Waals surface area contributed by atoms with Crippen LogP contribution in [0, 0.1) is 5.92 Å². The number of aliphatic hydroxyl groups excluding tert-OH is 2. The van der Waals surface area contributed by atoms with Crippen molar-refractivity contribution >= 4 is 11.9 Å². The number of esters is 2. The molecule has 67 heavy (non-hydrogen) atoms. The summed E-state index contributed by atoms with van der Waals surface area (Å²) in [6.45, 7) is 12.8. The molecule has 0 bridgehead atoms. The van der Waals surface area contributed by atoms with Gasteiger partial charge in [0.25, 0.3) is 0 Å². The van der Waals surface area contributed by atoms with Crippen molar-refractivity contribution in [1.82, 2.24) is 10.2 Å². The number of hydrogen-bond donors (Lipinski definition) is 3. The minimum Gasteiger partial charge on any atom is -0.466 e. The molecule has 3 N–H and O–H groups in total. The zero-order valence-electron chi connectivity index (χ0n) is 44.7. The summed E-state index contributed by atoms with van der Waals surface area (Å²) in [4.78, 5) is 28.0. The average Bonchev–Trinajstić information content (AvgIpc) is 3.34. The Kier molecular flexibility index (Phi) is 43.6. The molecule has 1 aromatic rings. The van der Waals surface area contributed by atoms with Crippen LogP contribution in [0.4, 0.5) is 0 Å². The summed E-state index contributed by atoms with van der Waals surface area (Å²) in [5.41, 5.74) is 1.83. The number of ether oxygens (including phenoxy) is 2. The summed E-state index contributed by atoms with van der Waals surface area (Å²) >= 11 is 0. The number of unbranched alkanes of at least 4 members (excludes halogenated alkanes) is 24. The average molecular weight is 944 g/mol. The first-order chi connectivity index (χ1) is 32.8. The highest BCUT2D eigenvalue weighted by atomic mass is 16.5. The third-order valence-electron chi connectivity index (χ3n) is 14.2. The standard InChI is InChI=1S/C59H110N2O6/c1-5-9-13-17-21-22-26-33-50-66-57(64)39-34-48-61(49-46-60-59(52-62,53-63)45-44-55-42-40-54(41-43-55)35-28-23-18-14-10-6-2)47-32-27-31-38-58(65)67-51-56(36-29-24-19-15-11-7-3)37-30-25-20-16-12-8-4/h40-43,56,60,62-63H,5-39,44-53H2,1-4H3. The van der Waals surface area contributed by atoms with Crippen LogP contribution >= 0.6 is 0 Å². The van der Waals surface area contributed by atoms with E-state index in [1.807, 2.05) is 0 Å². The van der Waals surface area contributed by atoms with Crippen LogP contribution in [0.2, 0.25) is 0 Å². The van der Waals surface area contributed by atoms with Gasteiger partial charge >= 0.3 is 11.9 Å². The molecule has 0 saturated heterocycles. The molecule has 0 radical (unpaired) electrons. The van der Waals surface area contributed by atoms with Crippen LogP contribution in [0.15, 0.2) is 24.3 Å². The molecule has 0 spiro atoms. The number of aryl methyl sites for hydroxylation is 2. The second-order valence-electron chi connectivity index (χ2n) is 20.5. The summed E-state index contributed by atoms with van der Waals surface area (Å²) in [5, 5.41) is 24.6. The summed E-state index contributed by atoms with van der Waals surface area (Å²) in [7, 11) is 0. The van der Waals surface area contributed by atoms with Crippen LogP contribution < -0.4 is 5.32 Å². The van der Waals surface area contributed by atoms with E-state index in [9.17, 15) is 19.8 Å². The molecule has 8 heteroatoms. The van der Waals surface area contributed by atoms with Crippen molar-refractivity contribution in [1.29, 1.82) is 0 Å². The van der Waals surface area contributed by atoms with E-state index in [1.165, 1.54) is 178 Å². The Labute approximate surface area is 414 Å². The molecule has 1 aromatic carbocycles. The molecule has 1 rings (SSSR count). The number of carbonyl (C=O) groups is 2. The molecule has 0 aliphatic carbocycles. The Balaban J connectivity index is 2.66. The Morgan fingerprint density at radius 3 is 1.48 bits per heavy atom. The smallest absolute Gasteiger partial charge is 0.305 e. The monoisotopic (exact) mass is 943 g/mol. The maximum absolute atomic E-state index is 12.9. The quantitative estimate of drug-likeness (QED) is 0.0438. The van der Waals surface area contributed by atoms with Crippen molar-refractivity contribution in [3.05, 3.63) is 35.4 Å². The predicted octanol–water partition coefficient (Wildman–Crippen LogP) is 14.8. The second kappa shape index (κ2) is 46.4. The molecule has 0 aromatic heterocycles. The molecule has 0 aliphatic heterocycles. The Hall–Kier alpha value is -2.00. The summed E-state index contributed by atoms with van der Waals surface area (Å²) in [5.74, 6) is 0.305. The van der Waals surface area contributed by atoms with Crippen molar-refractivity contribution in [3.63, 3.8) is 0 Å². The van der Waals surface area contributed by atoms with Gasteiger partial charge in [-0.2, -0.15) is 0 Å². The Morgan fingerprint density at radius 2 is 0.940 bits per heavy atom. The molecular weight excluding hydrogens is 833 g/mol. The maximum Gasteiger partial charge on any atom is 0.305 e. The Morgan fingerprint density at radius 1 is 0.507 bits per heavy atom. The normalized spacial score (nSPS) is 11.9. The molecule has 8 nitrogen and oxygen atoms in total. The van der Waals surface area contributed by atoms with Crippen LogP contribution in [0.1, 0.15) is 264 Å². The van der Waals surface area contributed by atoms with E-state index in [1.54, 1.807) is 0 Å². The number of nitrogens with zero attached hydrogens (tertiary/aromatic N) is 1. The predicted molar refractivity (Wildman–Crippen MR) is 285 cm³/mol. The highest BCUT2D eigenvalue weighted by Crippen LogP contribution is 2.21. The topological polar surface area (TPSA) is 108 Å². The van der Waals surface area contributed by atoms with Crippen LogP contribution in [0.25, 0.3) is 0 Å². The fraction of sp³-hybridized carbons (Fsp3) is 0.864. The van der Waals surface area contributed by atoms with Crippen LogP contribution in [-0.2, 0) is 31.9 Å². The van der Waals surface area contributed by atoms with Crippen molar-refractivity contribution in [2.75, 3.05) is 52.6 Å².